The molecule has 2 aromatic carbocycles. The van der Waals surface area contributed by atoms with Gasteiger partial charge in [0.2, 0.25) is 0 Å². The predicted octanol–water partition coefficient (Wildman–Crippen LogP) is 4.63. The van der Waals surface area contributed by atoms with Crippen molar-refractivity contribution in [3.05, 3.63) is 64.1 Å². The lowest BCUT2D eigenvalue weighted by Crippen LogP contribution is -2.41. The Hall–Kier alpha value is -1.63. The van der Waals surface area contributed by atoms with Gasteiger partial charge in [-0.05, 0) is 27.6 Å². The van der Waals surface area contributed by atoms with Gasteiger partial charge in [-0.25, -0.2) is 0 Å². The zero-order valence-electron chi connectivity index (χ0n) is 15.5. The van der Waals surface area contributed by atoms with E-state index in [1.807, 2.05) is 57.2 Å². The van der Waals surface area contributed by atoms with Crippen LogP contribution in [0.4, 0.5) is 5.69 Å². The second-order valence-corrected chi connectivity index (χ2v) is 10.4. The summed E-state index contributed by atoms with van der Waals surface area (Å²) in [5.41, 5.74) is 0.207. The van der Waals surface area contributed by atoms with Gasteiger partial charge in [0.1, 0.15) is 0 Å². The van der Waals surface area contributed by atoms with Crippen molar-refractivity contribution in [1.82, 2.24) is 0 Å². The van der Waals surface area contributed by atoms with Crippen LogP contribution >= 0.6 is 27.7 Å². The number of amides is 1. The van der Waals surface area contributed by atoms with Crippen molar-refractivity contribution < 1.29 is 14.7 Å². The highest BCUT2D eigenvalue weighted by Crippen LogP contribution is 2.47. The van der Waals surface area contributed by atoms with Crippen LogP contribution in [0, 0.1) is 0 Å². The summed E-state index contributed by atoms with van der Waals surface area (Å²) in [6.07, 6.45) is -0.248. The molecule has 0 spiro atoms. The van der Waals surface area contributed by atoms with Crippen LogP contribution in [0.15, 0.2) is 53.0 Å². The van der Waals surface area contributed by atoms with E-state index in [9.17, 15) is 14.7 Å². The number of carbonyl (C=O) groups excluding carboxylic acids is 2. The molecule has 0 fully saturated rings. The SMILES string of the molecule is CC(C)(C)SC(=O)C[C@]1(O)C(=O)N(Cc2ccccc2)c2c(Br)cccc21. The molecule has 1 atom stereocenters. The largest absolute Gasteiger partial charge is 0.375 e. The molecule has 142 valence electrons. The lowest BCUT2D eigenvalue weighted by Gasteiger charge is -2.24. The van der Waals surface area contributed by atoms with Gasteiger partial charge in [-0.15, -0.1) is 0 Å². The van der Waals surface area contributed by atoms with Gasteiger partial charge in [-0.1, -0.05) is 75.0 Å². The molecule has 0 radical (unpaired) electrons. The third-order valence-electron chi connectivity index (χ3n) is 4.30. The number of nitrogens with zero attached hydrogens (tertiary/aromatic N) is 1. The monoisotopic (exact) mass is 447 g/mol. The highest BCUT2D eigenvalue weighted by Gasteiger charge is 2.51. The number of rotatable bonds is 4. The van der Waals surface area contributed by atoms with Crippen molar-refractivity contribution in [2.24, 2.45) is 0 Å². The average molecular weight is 448 g/mol. The van der Waals surface area contributed by atoms with E-state index in [2.05, 4.69) is 15.9 Å². The normalized spacial score (nSPS) is 19.3. The summed E-state index contributed by atoms with van der Waals surface area (Å²) in [7, 11) is 0. The summed E-state index contributed by atoms with van der Waals surface area (Å²) in [6, 6.07) is 14.9. The van der Waals surface area contributed by atoms with Gasteiger partial charge in [0.25, 0.3) is 5.91 Å². The molecule has 1 amide bonds. The van der Waals surface area contributed by atoms with Crippen LogP contribution in [0.3, 0.4) is 0 Å². The van der Waals surface area contributed by atoms with Crippen molar-refractivity contribution >= 4 is 44.4 Å². The van der Waals surface area contributed by atoms with Crippen LogP contribution in [0.2, 0.25) is 0 Å². The van der Waals surface area contributed by atoms with Crippen LogP contribution in [0.1, 0.15) is 38.3 Å². The topological polar surface area (TPSA) is 57.6 Å². The van der Waals surface area contributed by atoms with Gasteiger partial charge in [0.05, 0.1) is 18.7 Å². The molecule has 3 rings (SSSR count). The molecule has 6 heteroatoms. The van der Waals surface area contributed by atoms with E-state index >= 15 is 0 Å². The summed E-state index contributed by atoms with van der Waals surface area (Å²) in [6.45, 7) is 6.13. The molecular formula is C21H22BrNO3S. The van der Waals surface area contributed by atoms with Gasteiger partial charge in [0.15, 0.2) is 10.7 Å². The number of benzene rings is 2. The van der Waals surface area contributed by atoms with E-state index < -0.39 is 11.5 Å². The first-order valence-corrected chi connectivity index (χ1v) is 10.3. The molecule has 2 aromatic rings. The number of para-hydroxylation sites is 1. The smallest absolute Gasteiger partial charge is 0.264 e. The number of carbonyl (C=O) groups is 2. The molecule has 0 aliphatic carbocycles. The molecule has 0 unspecified atom stereocenters. The molecule has 0 saturated carbocycles. The molecule has 4 nitrogen and oxygen atoms in total. The Labute approximate surface area is 172 Å². The van der Waals surface area contributed by atoms with Gasteiger partial charge in [0, 0.05) is 14.8 Å². The molecule has 0 aromatic heterocycles. The maximum absolute atomic E-state index is 13.2. The second-order valence-electron chi connectivity index (χ2n) is 7.64. The fraction of sp³-hybridized carbons (Fsp3) is 0.333. The minimum atomic E-state index is -1.84. The first-order valence-electron chi connectivity index (χ1n) is 8.71. The molecular weight excluding hydrogens is 426 g/mol. The lowest BCUT2D eigenvalue weighted by atomic mass is 9.92. The number of hydrogen-bond donors (Lipinski definition) is 1. The Morgan fingerprint density at radius 2 is 1.81 bits per heavy atom. The van der Waals surface area contributed by atoms with Crippen LogP contribution in [-0.4, -0.2) is 20.9 Å². The summed E-state index contributed by atoms with van der Waals surface area (Å²) in [5, 5.41) is 11.1. The van der Waals surface area contributed by atoms with Gasteiger partial charge in [-0.2, -0.15) is 0 Å². The fourth-order valence-corrected chi connectivity index (χ4v) is 4.78. The zero-order chi connectivity index (χ0) is 19.8. The Balaban J connectivity index is 1.98. The van der Waals surface area contributed by atoms with Crippen LogP contribution in [0.5, 0.6) is 0 Å². The summed E-state index contributed by atoms with van der Waals surface area (Å²) >= 11 is 4.65. The van der Waals surface area contributed by atoms with Crippen molar-refractivity contribution in [2.45, 2.75) is 44.1 Å². The quantitative estimate of drug-likeness (QED) is 0.741. The highest BCUT2D eigenvalue weighted by atomic mass is 79.9. The summed E-state index contributed by atoms with van der Waals surface area (Å²) in [5.74, 6) is -0.462. The molecule has 27 heavy (non-hydrogen) atoms. The van der Waals surface area contributed by atoms with E-state index in [0.29, 0.717) is 17.8 Å². The third kappa shape index (κ3) is 4.13. The Kier molecular flexibility index (Phi) is 5.52. The standard InChI is InChI=1S/C21H22BrNO3S/c1-20(2,3)27-17(24)12-21(26)15-10-7-11-16(22)18(15)23(19(21)25)13-14-8-5-4-6-9-14/h4-11,26H,12-13H2,1-3H3/t21-/m1/s1. The van der Waals surface area contributed by atoms with Crippen LogP contribution < -0.4 is 4.90 Å². The van der Waals surface area contributed by atoms with Crippen LogP contribution in [0.25, 0.3) is 0 Å². The summed E-state index contributed by atoms with van der Waals surface area (Å²) in [4.78, 5) is 27.3. The van der Waals surface area contributed by atoms with Gasteiger partial charge >= 0.3 is 0 Å². The van der Waals surface area contributed by atoms with Gasteiger partial charge < -0.3 is 10.0 Å². The van der Waals surface area contributed by atoms with Crippen molar-refractivity contribution in [3.8, 4) is 0 Å². The predicted molar refractivity (Wildman–Crippen MR) is 113 cm³/mol. The number of hydrogen-bond acceptors (Lipinski definition) is 4. The Bertz CT molecular complexity index is 879. The fourth-order valence-electron chi connectivity index (χ4n) is 3.24. The van der Waals surface area contributed by atoms with Crippen molar-refractivity contribution in [3.63, 3.8) is 0 Å². The molecule has 1 heterocycles. The molecule has 1 aliphatic heterocycles. The number of fused-ring (bicyclic) bond motifs is 1. The van der Waals surface area contributed by atoms with E-state index in [4.69, 9.17) is 0 Å². The minimum Gasteiger partial charge on any atom is -0.375 e. The highest BCUT2D eigenvalue weighted by molar-refractivity contribution is 9.10. The lowest BCUT2D eigenvalue weighted by molar-refractivity contribution is -0.139. The first kappa shape index (κ1) is 20.1. The van der Waals surface area contributed by atoms with E-state index in [1.54, 1.807) is 17.0 Å². The van der Waals surface area contributed by atoms with Crippen LogP contribution in [-0.2, 0) is 21.7 Å². The van der Waals surface area contributed by atoms with E-state index in [0.717, 1.165) is 21.8 Å². The van der Waals surface area contributed by atoms with Gasteiger partial charge in [-0.3, -0.25) is 9.59 Å². The average Bonchev–Trinajstić information content (AvgIpc) is 2.77. The zero-order valence-corrected chi connectivity index (χ0v) is 17.9. The Morgan fingerprint density at radius 3 is 2.44 bits per heavy atom. The maximum Gasteiger partial charge on any atom is 0.264 e. The molecule has 0 saturated heterocycles. The number of halogens is 1. The molecule has 1 aliphatic rings. The molecule has 0 bridgehead atoms. The van der Waals surface area contributed by atoms with Crippen molar-refractivity contribution in [2.75, 3.05) is 4.90 Å². The molecule has 1 N–H and O–H groups in total. The van der Waals surface area contributed by atoms with Crippen molar-refractivity contribution in [1.29, 1.82) is 0 Å². The van der Waals surface area contributed by atoms with E-state index in [1.165, 1.54) is 0 Å². The minimum absolute atomic E-state index is 0.203. The first-order chi connectivity index (χ1) is 12.6. The maximum atomic E-state index is 13.2. The third-order valence-corrected chi connectivity index (χ3v) is 5.93. The Morgan fingerprint density at radius 1 is 1.15 bits per heavy atom. The van der Waals surface area contributed by atoms with E-state index in [-0.39, 0.29) is 16.3 Å². The number of aliphatic hydroxyl groups is 1. The number of thioether (sulfide) groups is 1. The second kappa shape index (κ2) is 7.41. The summed E-state index contributed by atoms with van der Waals surface area (Å²) < 4.78 is 0.440. The number of anilines is 1.